The first-order chi connectivity index (χ1) is 12.5. The number of H-pyrrole nitrogens is 1. The van der Waals surface area contributed by atoms with Gasteiger partial charge in [0.05, 0.1) is 11.3 Å². The molecule has 1 saturated heterocycles. The molecule has 4 atom stereocenters. The van der Waals surface area contributed by atoms with Gasteiger partial charge >= 0.3 is 5.97 Å². The molecule has 10 nitrogen and oxygen atoms in total. The van der Waals surface area contributed by atoms with Gasteiger partial charge in [0.1, 0.15) is 12.2 Å². The normalized spacial score (nSPS) is 30.9. The van der Waals surface area contributed by atoms with Crippen molar-refractivity contribution in [2.45, 2.75) is 44.6 Å². The minimum absolute atomic E-state index is 0.0356. The number of nitrogens with one attached hydrogen (secondary N) is 1. The Morgan fingerprint density at radius 2 is 2.19 bits per heavy atom. The van der Waals surface area contributed by atoms with E-state index in [4.69, 9.17) is 15.2 Å². The lowest BCUT2D eigenvalue weighted by molar-refractivity contribution is -0.244. The number of ether oxygens (including phenoxy) is 2. The standard InChI is InChI=1S/C16H21FN4O6/c1-7(2)13(25)26-6-16(17)10(23)9(22)15(3,27-16)21-5-4-8-11(21)19-14(18)20-12(8)24/h4-5,7,9-10,22-23H,6H2,1-3H3,(H3,18,19,20,24)/t9-,10+,15-,16-/m1/s1. The fourth-order valence-corrected chi connectivity index (χ4v) is 3.03. The van der Waals surface area contributed by atoms with Gasteiger partial charge in [-0.2, -0.15) is 4.98 Å². The van der Waals surface area contributed by atoms with Crippen molar-refractivity contribution >= 4 is 23.0 Å². The van der Waals surface area contributed by atoms with Crippen LogP contribution in [0.1, 0.15) is 20.8 Å². The molecule has 0 radical (unpaired) electrons. The van der Waals surface area contributed by atoms with Crippen LogP contribution >= 0.6 is 0 Å². The number of fused-ring (bicyclic) bond motifs is 1. The first-order valence-corrected chi connectivity index (χ1v) is 8.29. The molecule has 3 rings (SSSR count). The van der Waals surface area contributed by atoms with Crippen molar-refractivity contribution in [1.29, 1.82) is 0 Å². The Balaban J connectivity index is 1.99. The second kappa shape index (κ2) is 6.29. The number of nitrogens with two attached hydrogens (primary N) is 1. The third kappa shape index (κ3) is 2.97. The summed E-state index contributed by atoms with van der Waals surface area (Å²) in [5.41, 5.74) is 3.23. The molecule has 1 aliphatic rings. The van der Waals surface area contributed by atoms with Gasteiger partial charge in [-0.05, 0) is 13.0 Å². The molecular weight excluding hydrogens is 363 g/mol. The molecule has 5 N–H and O–H groups in total. The maximum atomic E-state index is 15.2. The molecule has 3 heterocycles. The molecule has 0 saturated carbocycles. The molecule has 0 aromatic carbocycles. The smallest absolute Gasteiger partial charge is 0.308 e. The Morgan fingerprint density at radius 1 is 1.52 bits per heavy atom. The van der Waals surface area contributed by atoms with E-state index < -0.39 is 47.8 Å². The molecule has 0 bridgehead atoms. The fraction of sp³-hybridized carbons (Fsp3) is 0.562. The van der Waals surface area contributed by atoms with E-state index in [9.17, 15) is 19.8 Å². The van der Waals surface area contributed by atoms with Gasteiger partial charge < -0.3 is 30.0 Å². The third-order valence-electron chi connectivity index (χ3n) is 4.60. The van der Waals surface area contributed by atoms with E-state index in [-0.39, 0.29) is 17.0 Å². The molecule has 148 valence electrons. The lowest BCUT2D eigenvalue weighted by Crippen LogP contribution is -2.44. The molecule has 2 aromatic rings. The van der Waals surface area contributed by atoms with E-state index in [0.717, 1.165) is 0 Å². The first-order valence-electron chi connectivity index (χ1n) is 8.29. The number of aromatic nitrogens is 3. The van der Waals surface area contributed by atoms with Crippen molar-refractivity contribution in [3.63, 3.8) is 0 Å². The van der Waals surface area contributed by atoms with Crippen LogP contribution in [0.2, 0.25) is 0 Å². The number of nitrogen functional groups attached to an aromatic ring is 1. The number of nitrogens with zero attached hydrogens (tertiary/aromatic N) is 2. The third-order valence-corrected chi connectivity index (χ3v) is 4.60. The number of rotatable bonds is 4. The van der Waals surface area contributed by atoms with Gasteiger partial charge in [0.2, 0.25) is 5.95 Å². The topological polar surface area (TPSA) is 153 Å². The van der Waals surface area contributed by atoms with E-state index in [1.54, 1.807) is 13.8 Å². The van der Waals surface area contributed by atoms with Crippen molar-refractivity contribution in [1.82, 2.24) is 14.5 Å². The van der Waals surface area contributed by atoms with Crippen molar-refractivity contribution in [2.75, 3.05) is 12.3 Å². The Hall–Kier alpha value is -2.50. The van der Waals surface area contributed by atoms with Crippen LogP contribution in [0.3, 0.4) is 0 Å². The fourth-order valence-electron chi connectivity index (χ4n) is 3.03. The molecule has 0 unspecified atom stereocenters. The lowest BCUT2D eigenvalue weighted by Gasteiger charge is -2.30. The van der Waals surface area contributed by atoms with Crippen LogP contribution < -0.4 is 11.3 Å². The van der Waals surface area contributed by atoms with Crippen LogP contribution in [-0.2, 0) is 20.0 Å². The number of aliphatic hydroxyl groups is 2. The van der Waals surface area contributed by atoms with Crippen LogP contribution in [0.15, 0.2) is 17.1 Å². The second-order valence-corrected chi connectivity index (χ2v) is 6.97. The molecule has 1 aliphatic heterocycles. The summed E-state index contributed by atoms with van der Waals surface area (Å²) in [6, 6.07) is 1.39. The van der Waals surface area contributed by atoms with Gasteiger partial charge in [0.25, 0.3) is 11.4 Å². The largest absolute Gasteiger partial charge is 0.459 e. The predicted octanol–water partition coefficient (Wildman–Crippen LogP) is -0.403. The average Bonchev–Trinajstić information content (AvgIpc) is 3.08. The maximum Gasteiger partial charge on any atom is 0.308 e. The summed E-state index contributed by atoms with van der Waals surface area (Å²) < 4.78 is 26.6. The number of carbonyl (C=O) groups is 1. The monoisotopic (exact) mass is 384 g/mol. The van der Waals surface area contributed by atoms with Crippen molar-refractivity contribution in [3.8, 4) is 0 Å². The molecule has 0 aliphatic carbocycles. The summed E-state index contributed by atoms with van der Waals surface area (Å²) in [6.07, 6.45) is -2.41. The van der Waals surface area contributed by atoms with Crippen LogP contribution in [0, 0.1) is 5.92 Å². The highest BCUT2D eigenvalue weighted by Crippen LogP contribution is 2.44. The lowest BCUT2D eigenvalue weighted by atomic mass is 10.0. The molecule has 0 amide bonds. The number of esters is 1. The van der Waals surface area contributed by atoms with Crippen molar-refractivity contribution < 1.29 is 28.9 Å². The van der Waals surface area contributed by atoms with Gasteiger partial charge in [0.15, 0.2) is 18.0 Å². The molecule has 1 fully saturated rings. The number of halogens is 1. The summed E-state index contributed by atoms with van der Waals surface area (Å²) in [4.78, 5) is 29.9. The van der Waals surface area contributed by atoms with Crippen LogP contribution in [0.5, 0.6) is 0 Å². The summed E-state index contributed by atoms with van der Waals surface area (Å²) in [5, 5.41) is 20.8. The molecule has 27 heavy (non-hydrogen) atoms. The minimum atomic E-state index is -2.86. The number of alkyl halides is 1. The number of anilines is 1. The molecular formula is C16H21FN4O6. The van der Waals surface area contributed by atoms with E-state index in [0.29, 0.717) is 0 Å². The minimum Gasteiger partial charge on any atom is -0.459 e. The van der Waals surface area contributed by atoms with Gasteiger partial charge in [-0.25, -0.2) is 4.39 Å². The van der Waals surface area contributed by atoms with Gasteiger partial charge in [-0.15, -0.1) is 0 Å². The van der Waals surface area contributed by atoms with Crippen molar-refractivity contribution in [2.24, 2.45) is 5.92 Å². The zero-order valence-corrected chi connectivity index (χ0v) is 15.0. The SMILES string of the molecule is CC(C)C(=O)OC[C@@]1(F)O[C@@](C)(n2ccc3c(=O)[nH]c(N)nc32)[C@H](O)[C@@H]1O. The van der Waals surface area contributed by atoms with Crippen LogP contribution in [-0.4, -0.2) is 55.4 Å². The van der Waals surface area contributed by atoms with Crippen LogP contribution in [0.4, 0.5) is 10.3 Å². The summed E-state index contributed by atoms with van der Waals surface area (Å²) in [6.45, 7) is 3.54. The van der Waals surface area contributed by atoms with E-state index in [1.165, 1.54) is 23.8 Å². The van der Waals surface area contributed by atoms with Crippen LogP contribution in [0.25, 0.3) is 11.0 Å². The second-order valence-electron chi connectivity index (χ2n) is 6.97. The Morgan fingerprint density at radius 3 is 2.81 bits per heavy atom. The zero-order valence-electron chi connectivity index (χ0n) is 15.0. The number of aromatic amines is 1. The zero-order chi connectivity index (χ0) is 20.1. The molecule has 0 spiro atoms. The van der Waals surface area contributed by atoms with Gasteiger partial charge in [-0.1, -0.05) is 13.8 Å². The Labute approximate surface area is 152 Å². The number of hydrogen-bond acceptors (Lipinski definition) is 8. The van der Waals surface area contributed by atoms with E-state index in [2.05, 4.69) is 9.97 Å². The summed E-state index contributed by atoms with van der Waals surface area (Å²) in [5.74, 6) is -4.22. The Bertz CT molecular complexity index is 943. The molecule has 2 aromatic heterocycles. The highest BCUT2D eigenvalue weighted by Gasteiger charge is 2.63. The van der Waals surface area contributed by atoms with Gasteiger partial charge in [0, 0.05) is 6.20 Å². The van der Waals surface area contributed by atoms with E-state index >= 15 is 4.39 Å². The quantitative estimate of drug-likeness (QED) is 0.519. The number of aliphatic hydroxyl groups excluding tert-OH is 2. The van der Waals surface area contributed by atoms with Gasteiger partial charge in [-0.3, -0.25) is 14.6 Å². The number of hydrogen-bond donors (Lipinski definition) is 4. The first kappa shape index (κ1) is 19.3. The maximum absolute atomic E-state index is 15.2. The number of carbonyl (C=O) groups excluding carboxylic acids is 1. The van der Waals surface area contributed by atoms with Crippen molar-refractivity contribution in [3.05, 3.63) is 22.6 Å². The molecule has 11 heteroatoms. The predicted molar refractivity (Wildman–Crippen MR) is 91.1 cm³/mol. The highest BCUT2D eigenvalue weighted by atomic mass is 19.2. The Kier molecular flexibility index (Phi) is 4.49. The summed E-state index contributed by atoms with van der Waals surface area (Å²) in [7, 11) is 0. The summed E-state index contributed by atoms with van der Waals surface area (Å²) >= 11 is 0. The average molecular weight is 384 g/mol. The highest BCUT2D eigenvalue weighted by molar-refractivity contribution is 5.76. The van der Waals surface area contributed by atoms with E-state index in [1.807, 2.05) is 0 Å².